The van der Waals surface area contributed by atoms with Crippen molar-refractivity contribution in [2.75, 3.05) is 27.3 Å². The van der Waals surface area contributed by atoms with E-state index in [2.05, 4.69) is 4.90 Å². The lowest BCUT2D eigenvalue weighted by Crippen LogP contribution is -2.28. The van der Waals surface area contributed by atoms with Crippen molar-refractivity contribution >= 4 is 11.1 Å². The number of aryl methyl sites for hydroxylation is 1. The predicted octanol–water partition coefficient (Wildman–Crippen LogP) is 1.83. The second-order valence-corrected chi connectivity index (χ2v) is 4.83. The fraction of sp³-hybridized carbons (Fsp3) is 0.500. The molecular formula is C14H20N2O3. The van der Waals surface area contributed by atoms with Gasteiger partial charge >= 0.3 is 5.76 Å². The Hall–Kier alpha value is -1.59. The van der Waals surface area contributed by atoms with Gasteiger partial charge in [0.15, 0.2) is 5.58 Å². The molecule has 1 aromatic heterocycles. The first-order valence-electron chi connectivity index (χ1n) is 6.39. The van der Waals surface area contributed by atoms with Gasteiger partial charge in [-0.2, -0.15) is 0 Å². The Labute approximate surface area is 112 Å². The molecule has 0 aliphatic rings. The van der Waals surface area contributed by atoms with E-state index in [0.29, 0.717) is 12.3 Å². The van der Waals surface area contributed by atoms with E-state index in [1.165, 1.54) is 0 Å². The maximum absolute atomic E-state index is 11.9. The van der Waals surface area contributed by atoms with E-state index in [9.17, 15) is 4.79 Å². The topological polar surface area (TPSA) is 47.6 Å². The van der Waals surface area contributed by atoms with E-state index in [4.69, 9.17) is 9.15 Å². The molecule has 19 heavy (non-hydrogen) atoms. The van der Waals surface area contributed by atoms with Crippen LogP contribution >= 0.6 is 0 Å². The molecule has 0 saturated carbocycles. The number of benzene rings is 1. The Morgan fingerprint density at radius 2 is 2.21 bits per heavy atom. The second kappa shape index (κ2) is 6.04. The largest absolute Gasteiger partial charge is 0.421 e. The zero-order chi connectivity index (χ0) is 13.8. The summed E-state index contributed by atoms with van der Waals surface area (Å²) in [7, 11) is 3.67. The van der Waals surface area contributed by atoms with Crippen molar-refractivity contribution in [2.45, 2.75) is 20.0 Å². The molecule has 0 radical (unpaired) electrons. The molecule has 5 heteroatoms. The molecule has 2 aromatic rings. The standard InChI is InChI=1S/C14H20N2O3/c1-11-5-6-13-12(9-11)16(14(17)19-13)10-15(2)7-4-8-18-3/h5-6,9H,4,7-8,10H2,1-3H3. The third-order valence-electron chi connectivity index (χ3n) is 3.09. The Morgan fingerprint density at radius 3 is 2.95 bits per heavy atom. The highest BCUT2D eigenvalue weighted by atomic mass is 16.5. The third kappa shape index (κ3) is 3.24. The minimum Gasteiger partial charge on any atom is -0.408 e. The minimum atomic E-state index is -0.306. The van der Waals surface area contributed by atoms with Gasteiger partial charge in [-0.25, -0.2) is 4.79 Å². The van der Waals surface area contributed by atoms with Crippen LogP contribution in [0.2, 0.25) is 0 Å². The molecular weight excluding hydrogens is 244 g/mol. The number of fused-ring (bicyclic) bond motifs is 1. The normalized spacial score (nSPS) is 11.6. The molecule has 0 aliphatic carbocycles. The van der Waals surface area contributed by atoms with E-state index >= 15 is 0 Å². The lowest BCUT2D eigenvalue weighted by molar-refractivity contribution is 0.170. The summed E-state index contributed by atoms with van der Waals surface area (Å²) < 4.78 is 11.9. The van der Waals surface area contributed by atoms with Crippen LogP contribution in [0, 0.1) is 6.92 Å². The van der Waals surface area contributed by atoms with Crippen LogP contribution in [0.3, 0.4) is 0 Å². The van der Waals surface area contributed by atoms with E-state index in [1.54, 1.807) is 11.7 Å². The fourth-order valence-electron chi connectivity index (χ4n) is 2.10. The third-order valence-corrected chi connectivity index (χ3v) is 3.09. The SMILES string of the molecule is COCCCN(C)Cn1c(=O)oc2ccc(C)cc21. The lowest BCUT2D eigenvalue weighted by atomic mass is 10.2. The first-order valence-corrected chi connectivity index (χ1v) is 6.39. The van der Waals surface area contributed by atoms with Crippen LogP contribution in [0.15, 0.2) is 27.4 Å². The van der Waals surface area contributed by atoms with Crippen LogP contribution in [-0.2, 0) is 11.4 Å². The molecule has 2 rings (SSSR count). The fourth-order valence-corrected chi connectivity index (χ4v) is 2.10. The summed E-state index contributed by atoms with van der Waals surface area (Å²) in [4.78, 5) is 13.9. The predicted molar refractivity (Wildman–Crippen MR) is 74.3 cm³/mol. The number of hydrogen-bond acceptors (Lipinski definition) is 4. The molecule has 0 amide bonds. The zero-order valence-corrected chi connectivity index (χ0v) is 11.7. The van der Waals surface area contributed by atoms with Gasteiger partial charge in [-0.1, -0.05) is 6.07 Å². The Morgan fingerprint density at radius 1 is 1.42 bits per heavy atom. The number of oxazole rings is 1. The summed E-state index contributed by atoms with van der Waals surface area (Å²) in [6, 6.07) is 5.76. The Balaban J connectivity index is 2.17. The molecule has 0 saturated heterocycles. The van der Waals surface area contributed by atoms with Crippen molar-refractivity contribution in [3.63, 3.8) is 0 Å². The monoisotopic (exact) mass is 264 g/mol. The van der Waals surface area contributed by atoms with Crippen LogP contribution in [-0.4, -0.2) is 36.8 Å². The summed E-state index contributed by atoms with van der Waals surface area (Å²) in [6.45, 7) is 4.13. The highest BCUT2D eigenvalue weighted by Crippen LogP contribution is 2.14. The summed E-state index contributed by atoms with van der Waals surface area (Å²) in [5.74, 6) is -0.306. The molecule has 0 spiro atoms. The number of methoxy groups -OCH3 is 1. The van der Waals surface area contributed by atoms with E-state index in [-0.39, 0.29) is 5.76 Å². The molecule has 0 N–H and O–H groups in total. The quantitative estimate of drug-likeness (QED) is 0.747. The summed E-state index contributed by atoms with van der Waals surface area (Å²) in [5, 5.41) is 0. The molecule has 0 atom stereocenters. The zero-order valence-electron chi connectivity index (χ0n) is 11.7. The van der Waals surface area contributed by atoms with E-state index in [0.717, 1.165) is 30.7 Å². The molecule has 5 nitrogen and oxygen atoms in total. The molecule has 0 aliphatic heterocycles. The Bertz CT molecular complexity index is 600. The molecule has 1 aromatic carbocycles. The molecule has 0 bridgehead atoms. The van der Waals surface area contributed by atoms with Gasteiger partial charge < -0.3 is 9.15 Å². The average Bonchev–Trinajstić information content (AvgIpc) is 2.66. The first kappa shape index (κ1) is 13.8. The summed E-state index contributed by atoms with van der Waals surface area (Å²) in [5.41, 5.74) is 2.61. The first-order chi connectivity index (χ1) is 9.11. The maximum atomic E-state index is 11.9. The molecule has 1 heterocycles. The van der Waals surface area contributed by atoms with Gasteiger partial charge in [0.2, 0.25) is 0 Å². The highest BCUT2D eigenvalue weighted by molar-refractivity contribution is 5.73. The van der Waals surface area contributed by atoms with Crippen molar-refractivity contribution in [1.29, 1.82) is 0 Å². The number of hydrogen-bond donors (Lipinski definition) is 0. The van der Waals surface area contributed by atoms with Crippen LogP contribution in [0.4, 0.5) is 0 Å². The van der Waals surface area contributed by atoms with Crippen molar-refractivity contribution < 1.29 is 9.15 Å². The van der Waals surface area contributed by atoms with Gasteiger partial charge in [0.05, 0.1) is 12.2 Å². The molecule has 0 unspecified atom stereocenters. The highest BCUT2D eigenvalue weighted by Gasteiger charge is 2.10. The summed E-state index contributed by atoms with van der Waals surface area (Å²) in [6.07, 6.45) is 0.941. The van der Waals surface area contributed by atoms with Gasteiger partial charge in [-0.15, -0.1) is 0 Å². The maximum Gasteiger partial charge on any atom is 0.421 e. The number of nitrogens with zero attached hydrogens (tertiary/aromatic N) is 2. The van der Waals surface area contributed by atoms with Crippen molar-refractivity contribution in [1.82, 2.24) is 9.47 Å². The molecule has 104 valence electrons. The number of aromatic nitrogens is 1. The number of rotatable bonds is 6. The van der Waals surface area contributed by atoms with E-state index < -0.39 is 0 Å². The summed E-state index contributed by atoms with van der Waals surface area (Å²) >= 11 is 0. The van der Waals surface area contributed by atoms with Crippen LogP contribution in [0.25, 0.3) is 11.1 Å². The van der Waals surface area contributed by atoms with Gasteiger partial charge in [-0.05, 0) is 38.1 Å². The second-order valence-electron chi connectivity index (χ2n) is 4.83. The average molecular weight is 264 g/mol. The smallest absolute Gasteiger partial charge is 0.408 e. The van der Waals surface area contributed by atoms with Gasteiger partial charge in [0, 0.05) is 20.3 Å². The van der Waals surface area contributed by atoms with Crippen LogP contribution < -0.4 is 5.76 Å². The lowest BCUT2D eigenvalue weighted by Gasteiger charge is -2.16. The van der Waals surface area contributed by atoms with Crippen molar-refractivity contribution in [3.8, 4) is 0 Å². The van der Waals surface area contributed by atoms with Crippen molar-refractivity contribution in [3.05, 3.63) is 34.3 Å². The number of ether oxygens (including phenoxy) is 1. The van der Waals surface area contributed by atoms with E-state index in [1.807, 2.05) is 32.2 Å². The van der Waals surface area contributed by atoms with Gasteiger partial charge in [-0.3, -0.25) is 9.47 Å². The minimum absolute atomic E-state index is 0.306. The molecule has 0 fully saturated rings. The van der Waals surface area contributed by atoms with Crippen LogP contribution in [0.5, 0.6) is 0 Å². The van der Waals surface area contributed by atoms with Gasteiger partial charge in [0.25, 0.3) is 0 Å². The Kier molecular flexibility index (Phi) is 4.39. The van der Waals surface area contributed by atoms with Crippen molar-refractivity contribution in [2.24, 2.45) is 0 Å². The van der Waals surface area contributed by atoms with Crippen LogP contribution in [0.1, 0.15) is 12.0 Å². The van der Waals surface area contributed by atoms with Gasteiger partial charge in [0.1, 0.15) is 0 Å².